The van der Waals surface area contributed by atoms with Crippen molar-refractivity contribution in [1.29, 1.82) is 0 Å². The number of rotatable bonds is 7. The number of carbonyl (C=O) groups excluding carboxylic acids is 2. The van der Waals surface area contributed by atoms with E-state index in [1.54, 1.807) is 6.92 Å². The zero-order valence-electron chi connectivity index (χ0n) is 18.6. The third-order valence-corrected chi connectivity index (χ3v) is 5.11. The third-order valence-electron chi connectivity index (χ3n) is 5.11. The van der Waals surface area contributed by atoms with Gasteiger partial charge in [-0.1, -0.05) is 48.5 Å². The lowest BCUT2D eigenvalue weighted by atomic mass is 9.98. The normalized spacial score (nSPS) is 14.9. The second-order valence-electron chi connectivity index (χ2n) is 8.55. The van der Waals surface area contributed by atoms with Crippen LogP contribution in [0.15, 0.2) is 48.5 Å². The lowest BCUT2D eigenvalue weighted by Crippen LogP contribution is -2.54. The van der Waals surface area contributed by atoms with Crippen molar-refractivity contribution in [2.45, 2.75) is 51.4 Å². The molecular formula is C24H30N2O5. The van der Waals surface area contributed by atoms with Crippen LogP contribution in [0.3, 0.4) is 0 Å². The van der Waals surface area contributed by atoms with E-state index in [0.717, 1.165) is 22.3 Å². The van der Waals surface area contributed by atoms with Crippen LogP contribution in [-0.2, 0) is 19.1 Å². The van der Waals surface area contributed by atoms with Crippen molar-refractivity contribution >= 4 is 12.0 Å². The largest absolute Gasteiger partial charge is 0.449 e. The molecule has 1 aliphatic rings. The number of ether oxygens (including phenoxy) is 2. The van der Waals surface area contributed by atoms with E-state index in [1.165, 1.54) is 7.11 Å². The SMILES string of the molecule is CONC(=O)[C@@H](NC(=O)OCC1c2ccccc2-c2ccccc21)C(C)OC(C)(C)C. The highest BCUT2D eigenvalue weighted by Crippen LogP contribution is 2.44. The Labute approximate surface area is 183 Å². The van der Waals surface area contributed by atoms with Crippen molar-refractivity contribution < 1.29 is 23.9 Å². The molecule has 7 heteroatoms. The molecule has 2 N–H and O–H groups in total. The van der Waals surface area contributed by atoms with Gasteiger partial charge in [0.2, 0.25) is 0 Å². The minimum absolute atomic E-state index is 0.0624. The van der Waals surface area contributed by atoms with Crippen LogP contribution in [0, 0.1) is 0 Å². The molecule has 1 unspecified atom stereocenters. The molecule has 0 aromatic heterocycles. The van der Waals surface area contributed by atoms with Gasteiger partial charge in [0.15, 0.2) is 0 Å². The molecule has 2 aromatic rings. The van der Waals surface area contributed by atoms with Gasteiger partial charge in [0.05, 0.1) is 18.8 Å². The van der Waals surface area contributed by atoms with Crippen molar-refractivity contribution in [2.75, 3.05) is 13.7 Å². The molecule has 2 atom stereocenters. The summed E-state index contributed by atoms with van der Waals surface area (Å²) in [6.07, 6.45) is -1.29. The first-order valence-corrected chi connectivity index (χ1v) is 10.3. The van der Waals surface area contributed by atoms with Gasteiger partial charge in [-0.25, -0.2) is 10.3 Å². The minimum Gasteiger partial charge on any atom is -0.449 e. The van der Waals surface area contributed by atoms with Gasteiger partial charge in [-0.3, -0.25) is 9.63 Å². The van der Waals surface area contributed by atoms with Crippen LogP contribution in [-0.4, -0.2) is 43.5 Å². The Bertz CT molecular complexity index is 892. The van der Waals surface area contributed by atoms with E-state index in [2.05, 4.69) is 35.1 Å². The summed E-state index contributed by atoms with van der Waals surface area (Å²) in [5.74, 6) is -0.583. The van der Waals surface area contributed by atoms with E-state index in [4.69, 9.17) is 14.3 Å². The molecule has 0 spiro atoms. The van der Waals surface area contributed by atoms with Crippen LogP contribution in [0.25, 0.3) is 11.1 Å². The first-order valence-electron chi connectivity index (χ1n) is 10.3. The number of hydrogen-bond donors (Lipinski definition) is 2. The number of benzene rings is 2. The van der Waals surface area contributed by atoms with Gasteiger partial charge in [-0.15, -0.1) is 0 Å². The molecule has 2 aromatic carbocycles. The standard InChI is InChI=1S/C24H30N2O5/c1-15(31-24(2,3)4)21(22(27)26-29-5)25-23(28)30-14-20-18-12-8-6-10-16(18)17-11-7-9-13-19(17)20/h6-13,15,20-21H,14H2,1-5H3,(H,25,28)(H,26,27)/t15?,21-/m0/s1. The number of amides is 2. The van der Waals surface area contributed by atoms with Crippen molar-refractivity contribution in [1.82, 2.24) is 10.8 Å². The predicted molar refractivity (Wildman–Crippen MR) is 117 cm³/mol. The number of hydroxylamine groups is 1. The summed E-state index contributed by atoms with van der Waals surface area (Å²) in [5.41, 5.74) is 6.30. The molecule has 0 heterocycles. The highest BCUT2D eigenvalue weighted by atomic mass is 16.6. The average molecular weight is 427 g/mol. The molecule has 0 fully saturated rings. The Morgan fingerprint density at radius 1 is 1.00 bits per heavy atom. The van der Waals surface area contributed by atoms with Crippen LogP contribution in [0.4, 0.5) is 4.79 Å². The molecule has 7 nitrogen and oxygen atoms in total. The number of hydrogen-bond acceptors (Lipinski definition) is 5. The topological polar surface area (TPSA) is 85.9 Å². The molecule has 1 aliphatic carbocycles. The minimum atomic E-state index is -0.977. The Morgan fingerprint density at radius 2 is 1.55 bits per heavy atom. The summed E-state index contributed by atoms with van der Waals surface area (Å²) in [6, 6.07) is 15.2. The zero-order valence-corrected chi connectivity index (χ0v) is 18.6. The van der Waals surface area contributed by atoms with E-state index in [9.17, 15) is 9.59 Å². The van der Waals surface area contributed by atoms with Crippen LogP contribution in [0.5, 0.6) is 0 Å². The Balaban J connectivity index is 1.70. The molecule has 166 valence electrons. The third kappa shape index (κ3) is 5.42. The number of carbonyl (C=O) groups is 2. The van der Waals surface area contributed by atoms with Crippen LogP contribution in [0.2, 0.25) is 0 Å². The van der Waals surface area contributed by atoms with Crippen LogP contribution < -0.4 is 10.8 Å². The molecule has 3 rings (SSSR count). The van der Waals surface area contributed by atoms with Gasteiger partial charge in [0.1, 0.15) is 12.6 Å². The highest BCUT2D eigenvalue weighted by Gasteiger charge is 2.33. The van der Waals surface area contributed by atoms with Crippen LogP contribution in [0.1, 0.15) is 44.7 Å². The maximum Gasteiger partial charge on any atom is 0.407 e. The van der Waals surface area contributed by atoms with Gasteiger partial charge in [0, 0.05) is 5.92 Å². The van der Waals surface area contributed by atoms with Crippen molar-refractivity contribution in [3.8, 4) is 11.1 Å². The smallest absolute Gasteiger partial charge is 0.407 e. The second kappa shape index (κ2) is 9.49. The molecule has 0 bridgehead atoms. The Morgan fingerprint density at radius 3 is 2.06 bits per heavy atom. The summed E-state index contributed by atoms with van der Waals surface area (Å²) >= 11 is 0. The second-order valence-corrected chi connectivity index (χ2v) is 8.55. The number of alkyl carbamates (subject to hydrolysis) is 1. The molecule has 2 amide bonds. The summed E-state index contributed by atoms with van der Waals surface area (Å²) in [5, 5.41) is 2.62. The van der Waals surface area contributed by atoms with Crippen molar-refractivity contribution in [3.05, 3.63) is 59.7 Å². The number of nitrogens with one attached hydrogen (secondary N) is 2. The molecule has 31 heavy (non-hydrogen) atoms. The molecule has 0 aliphatic heterocycles. The average Bonchev–Trinajstić information content (AvgIpc) is 3.03. The summed E-state index contributed by atoms with van der Waals surface area (Å²) < 4.78 is 11.4. The van der Waals surface area contributed by atoms with E-state index in [-0.39, 0.29) is 12.5 Å². The summed E-state index contributed by atoms with van der Waals surface area (Å²) in [4.78, 5) is 29.7. The first kappa shape index (κ1) is 22.8. The Kier molecular flexibility index (Phi) is 6.97. The fourth-order valence-electron chi connectivity index (χ4n) is 3.95. The first-order chi connectivity index (χ1) is 14.7. The van der Waals surface area contributed by atoms with Gasteiger partial charge in [-0.05, 0) is 49.9 Å². The summed E-state index contributed by atoms with van der Waals surface area (Å²) in [6.45, 7) is 7.51. The van der Waals surface area contributed by atoms with E-state index in [0.29, 0.717) is 0 Å². The zero-order chi connectivity index (χ0) is 22.6. The van der Waals surface area contributed by atoms with E-state index >= 15 is 0 Å². The lowest BCUT2D eigenvalue weighted by molar-refractivity contribution is -0.141. The monoisotopic (exact) mass is 426 g/mol. The number of fused-ring (bicyclic) bond motifs is 3. The van der Waals surface area contributed by atoms with Gasteiger partial charge in [0.25, 0.3) is 5.91 Å². The predicted octanol–water partition coefficient (Wildman–Crippen LogP) is 3.77. The highest BCUT2D eigenvalue weighted by molar-refractivity contribution is 5.85. The van der Waals surface area contributed by atoms with E-state index < -0.39 is 29.7 Å². The van der Waals surface area contributed by atoms with Gasteiger partial charge >= 0.3 is 6.09 Å². The van der Waals surface area contributed by atoms with Gasteiger partial charge < -0.3 is 14.8 Å². The van der Waals surface area contributed by atoms with Crippen molar-refractivity contribution in [2.24, 2.45) is 0 Å². The quantitative estimate of drug-likeness (QED) is 0.658. The molecule has 0 saturated carbocycles. The summed E-state index contributed by atoms with van der Waals surface area (Å²) in [7, 11) is 1.33. The Hall–Kier alpha value is -2.90. The van der Waals surface area contributed by atoms with Gasteiger partial charge in [-0.2, -0.15) is 0 Å². The van der Waals surface area contributed by atoms with E-state index in [1.807, 2.05) is 45.0 Å². The fraction of sp³-hybridized carbons (Fsp3) is 0.417. The molecule has 0 radical (unpaired) electrons. The fourth-order valence-corrected chi connectivity index (χ4v) is 3.95. The molecular weight excluding hydrogens is 396 g/mol. The van der Waals surface area contributed by atoms with Crippen LogP contribution >= 0.6 is 0 Å². The lowest BCUT2D eigenvalue weighted by Gasteiger charge is -2.30. The maximum absolute atomic E-state index is 12.6. The molecule has 0 saturated heterocycles. The van der Waals surface area contributed by atoms with Crippen molar-refractivity contribution in [3.63, 3.8) is 0 Å². The maximum atomic E-state index is 12.6.